The number of nitrogens with one attached hydrogen (secondary N) is 1. The van der Waals surface area contributed by atoms with Crippen molar-refractivity contribution in [1.29, 1.82) is 0 Å². The lowest BCUT2D eigenvalue weighted by atomic mass is 9.99. The topological polar surface area (TPSA) is 42.7 Å². The fourth-order valence-corrected chi connectivity index (χ4v) is 2.91. The molecule has 0 radical (unpaired) electrons. The highest BCUT2D eigenvalue weighted by atomic mass is 15.3. The third kappa shape index (κ3) is 1.86. The number of nitrogens with zero attached hydrogens (tertiary/aromatic N) is 3. The summed E-state index contributed by atoms with van der Waals surface area (Å²) in [5.41, 5.74) is 0. The summed E-state index contributed by atoms with van der Waals surface area (Å²) < 4.78 is 2.39. The molecule has 1 aromatic rings. The number of hydrogen-bond acceptors (Lipinski definition) is 3. The summed E-state index contributed by atoms with van der Waals surface area (Å²) in [5, 5.41) is 12.3. The second kappa shape index (κ2) is 4.53. The summed E-state index contributed by atoms with van der Waals surface area (Å²) in [7, 11) is 0. The van der Waals surface area contributed by atoms with E-state index in [-0.39, 0.29) is 0 Å². The molecule has 1 fully saturated rings. The van der Waals surface area contributed by atoms with E-state index in [4.69, 9.17) is 0 Å². The van der Waals surface area contributed by atoms with Gasteiger partial charge in [0.1, 0.15) is 11.6 Å². The molecule has 0 saturated carbocycles. The molecule has 0 amide bonds. The van der Waals surface area contributed by atoms with Crippen molar-refractivity contribution >= 4 is 0 Å². The summed E-state index contributed by atoms with van der Waals surface area (Å²) in [6.07, 6.45) is 7.46. The lowest BCUT2D eigenvalue weighted by Crippen LogP contribution is -2.17. The Balaban J connectivity index is 1.84. The van der Waals surface area contributed by atoms with E-state index in [9.17, 15) is 0 Å². The number of hydrogen-bond donors (Lipinski definition) is 1. The van der Waals surface area contributed by atoms with Crippen molar-refractivity contribution in [2.24, 2.45) is 0 Å². The normalized spacial score (nSPS) is 26.1. The Hall–Kier alpha value is -0.900. The van der Waals surface area contributed by atoms with Gasteiger partial charge in [-0.3, -0.25) is 0 Å². The van der Waals surface area contributed by atoms with Crippen LogP contribution in [-0.2, 0) is 13.0 Å². The largest absolute Gasteiger partial charge is 0.317 e. The van der Waals surface area contributed by atoms with Crippen LogP contribution < -0.4 is 5.32 Å². The highest BCUT2D eigenvalue weighted by Gasteiger charge is 2.23. The Kier molecular flexibility index (Phi) is 2.91. The lowest BCUT2D eigenvalue weighted by molar-refractivity contribution is 0.473. The fraction of sp³-hybridized carbons (Fsp3) is 0.833. The molecule has 1 atom stereocenters. The van der Waals surface area contributed by atoms with Crippen molar-refractivity contribution in [2.75, 3.05) is 13.1 Å². The molecule has 4 heteroatoms. The minimum Gasteiger partial charge on any atom is -0.317 e. The van der Waals surface area contributed by atoms with Crippen LogP contribution >= 0.6 is 0 Å². The fourth-order valence-electron chi connectivity index (χ4n) is 2.91. The molecular weight excluding hydrogens is 200 g/mol. The third-order valence-electron chi connectivity index (χ3n) is 3.83. The lowest BCUT2D eigenvalue weighted by Gasteiger charge is -2.19. The maximum absolute atomic E-state index is 4.45. The van der Waals surface area contributed by atoms with Gasteiger partial charge in [0.15, 0.2) is 0 Å². The Bertz CT molecular complexity index is 350. The first-order chi connectivity index (χ1) is 7.95. The van der Waals surface area contributed by atoms with Crippen LogP contribution in [0.1, 0.15) is 49.7 Å². The van der Waals surface area contributed by atoms with Crippen molar-refractivity contribution in [2.45, 2.75) is 51.0 Å². The molecule has 0 spiro atoms. The summed E-state index contributed by atoms with van der Waals surface area (Å²) in [5.74, 6) is 3.12. The average molecular weight is 220 g/mol. The van der Waals surface area contributed by atoms with Crippen LogP contribution in [0.2, 0.25) is 0 Å². The molecule has 16 heavy (non-hydrogen) atoms. The monoisotopic (exact) mass is 220 g/mol. The Morgan fingerprint density at radius 2 is 2.06 bits per heavy atom. The zero-order valence-corrected chi connectivity index (χ0v) is 9.78. The summed E-state index contributed by atoms with van der Waals surface area (Å²) in [6, 6.07) is 0. The average Bonchev–Trinajstić information content (AvgIpc) is 2.57. The van der Waals surface area contributed by atoms with Gasteiger partial charge in [0.2, 0.25) is 0 Å². The Labute approximate surface area is 96.4 Å². The predicted molar refractivity (Wildman–Crippen MR) is 62.4 cm³/mol. The molecule has 3 heterocycles. The molecule has 4 nitrogen and oxygen atoms in total. The predicted octanol–water partition coefficient (Wildman–Crippen LogP) is 1.47. The molecule has 0 aliphatic carbocycles. The quantitative estimate of drug-likeness (QED) is 0.779. The first kappa shape index (κ1) is 10.3. The maximum atomic E-state index is 4.45. The molecule has 3 rings (SSSR count). The van der Waals surface area contributed by atoms with Gasteiger partial charge in [-0.25, -0.2) is 0 Å². The highest BCUT2D eigenvalue weighted by molar-refractivity contribution is 5.05. The van der Waals surface area contributed by atoms with Gasteiger partial charge < -0.3 is 9.88 Å². The third-order valence-corrected chi connectivity index (χ3v) is 3.83. The SMILES string of the molecule is C1CCn2c(nnc2C2CCCNCC2)C1. The highest BCUT2D eigenvalue weighted by Crippen LogP contribution is 2.27. The molecule has 1 unspecified atom stereocenters. The van der Waals surface area contributed by atoms with Crippen LogP contribution in [0, 0.1) is 0 Å². The second-order valence-corrected chi connectivity index (χ2v) is 4.96. The Morgan fingerprint density at radius 3 is 3.06 bits per heavy atom. The van der Waals surface area contributed by atoms with E-state index in [0.29, 0.717) is 5.92 Å². The van der Waals surface area contributed by atoms with Gasteiger partial charge in [-0.2, -0.15) is 0 Å². The first-order valence-corrected chi connectivity index (χ1v) is 6.58. The van der Waals surface area contributed by atoms with E-state index in [0.717, 1.165) is 26.1 Å². The van der Waals surface area contributed by atoms with Gasteiger partial charge in [-0.1, -0.05) is 0 Å². The molecule has 88 valence electrons. The van der Waals surface area contributed by atoms with Crippen molar-refractivity contribution in [1.82, 2.24) is 20.1 Å². The van der Waals surface area contributed by atoms with Crippen LogP contribution in [-0.4, -0.2) is 27.9 Å². The molecule has 1 aromatic heterocycles. The smallest absolute Gasteiger partial charge is 0.136 e. The van der Waals surface area contributed by atoms with Gasteiger partial charge in [-0.05, 0) is 45.2 Å². The molecule has 2 aliphatic rings. The molecule has 2 aliphatic heterocycles. The summed E-state index contributed by atoms with van der Waals surface area (Å²) in [4.78, 5) is 0. The number of fused-ring (bicyclic) bond motifs is 1. The van der Waals surface area contributed by atoms with Crippen molar-refractivity contribution < 1.29 is 0 Å². The zero-order chi connectivity index (χ0) is 10.8. The number of rotatable bonds is 1. The van der Waals surface area contributed by atoms with E-state index in [1.165, 1.54) is 43.8 Å². The Morgan fingerprint density at radius 1 is 1.06 bits per heavy atom. The van der Waals surface area contributed by atoms with Gasteiger partial charge >= 0.3 is 0 Å². The molecule has 1 N–H and O–H groups in total. The van der Waals surface area contributed by atoms with Crippen LogP contribution in [0.3, 0.4) is 0 Å². The van der Waals surface area contributed by atoms with E-state index in [1.54, 1.807) is 0 Å². The first-order valence-electron chi connectivity index (χ1n) is 6.58. The van der Waals surface area contributed by atoms with E-state index >= 15 is 0 Å². The van der Waals surface area contributed by atoms with Crippen LogP contribution in [0.25, 0.3) is 0 Å². The van der Waals surface area contributed by atoms with E-state index < -0.39 is 0 Å². The number of aromatic nitrogens is 3. The van der Waals surface area contributed by atoms with Crippen LogP contribution in [0.4, 0.5) is 0 Å². The number of aryl methyl sites for hydroxylation is 1. The minimum absolute atomic E-state index is 0.634. The standard InChI is InChI=1S/C12H20N4/c1-2-9-16-11(5-1)14-15-12(16)10-4-3-7-13-8-6-10/h10,13H,1-9H2. The van der Waals surface area contributed by atoms with Crippen molar-refractivity contribution in [3.8, 4) is 0 Å². The molecular formula is C12H20N4. The summed E-state index contributed by atoms with van der Waals surface area (Å²) >= 11 is 0. The maximum Gasteiger partial charge on any atom is 0.136 e. The van der Waals surface area contributed by atoms with E-state index in [1.807, 2.05) is 0 Å². The van der Waals surface area contributed by atoms with Crippen molar-refractivity contribution in [3.05, 3.63) is 11.6 Å². The van der Waals surface area contributed by atoms with Crippen molar-refractivity contribution in [3.63, 3.8) is 0 Å². The second-order valence-electron chi connectivity index (χ2n) is 4.96. The molecule has 0 bridgehead atoms. The van der Waals surface area contributed by atoms with Gasteiger partial charge in [0.05, 0.1) is 0 Å². The molecule has 1 saturated heterocycles. The van der Waals surface area contributed by atoms with Crippen LogP contribution in [0.5, 0.6) is 0 Å². The van der Waals surface area contributed by atoms with Gasteiger partial charge in [-0.15, -0.1) is 10.2 Å². The van der Waals surface area contributed by atoms with Gasteiger partial charge in [0, 0.05) is 18.9 Å². The van der Waals surface area contributed by atoms with Gasteiger partial charge in [0.25, 0.3) is 0 Å². The molecule has 0 aromatic carbocycles. The van der Waals surface area contributed by atoms with Crippen LogP contribution in [0.15, 0.2) is 0 Å². The summed E-state index contributed by atoms with van der Waals surface area (Å²) in [6.45, 7) is 3.44. The zero-order valence-electron chi connectivity index (χ0n) is 9.78. The minimum atomic E-state index is 0.634. The van der Waals surface area contributed by atoms with E-state index in [2.05, 4.69) is 20.1 Å².